The zero-order valence-electron chi connectivity index (χ0n) is 19.4. The third kappa shape index (κ3) is 6.51. The standard InChI is InChI=1S/C27H25N3O4S/c1-18-24(19(2)34-30-18)17-35-25-14-7-6-13-23(25)27(32)29-21-11-8-12-22(15-21)33-16-26(31)28-20-9-4-3-5-10-20/h3-15H,16-17H2,1-2H3,(H,28,31)(H,29,32). The summed E-state index contributed by atoms with van der Waals surface area (Å²) in [6.45, 7) is 3.65. The molecule has 0 spiro atoms. The lowest BCUT2D eigenvalue weighted by Crippen LogP contribution is -2.20. The highest BCUT2D eigenvalue weighted by molar-refractivity contribution is 7.98. The van der Waals surface area contributed by atoms with Gasteiger partial charge in [-0.15, -0.1) is 11.8 Å². The van der Waals surface area contributed by atoms with Crippen LogP contribution in [0.2, 0.25) is 0 Å². The molecule has 35 heavy (non-hydrogen) atoms. The van der Waals surface area contributed by atoms with Gasteiger partial charge in [-0.3, -0.25) is 9.59 Å². The second-order valence-corrected chi connectivity index (χ2v) is 8.79. The molecule has 4 aromatic rings. The summed E-state index contributed by atoms with van der Waals surface area (Å²) in [7, 11) is 0. The van der Waals surface area contributed by atoms with Gasteiger partial charge in [-0.05, 0) is 50.2 Å². The van der Waals surface area contributed by atoms with Gasteiger partial charge in [0.15, 0.2) is 6.61 Å². The van der Waals surface area contributed by atoms with Crippen LogP contribution >= 0.6 is 11.8 Å². The highest BCUT2D eigenvalue weighted by Gasteiger charge is 2.15. The lowest BCUT2D eigenvalue weighted by atomic mass is 10.2. The molecule has 0 saturated carbocycles. The summed E-state index contributed by atoms with van der Waals surface area (Å²) >= 11 is 1.56. The normalized spacial score (nSPS) is 10.6. The first-order valence-corrected chi connectivity index (χ1v) is 12.0. The number of anilines is 2. The Morgan fingerprint density at radius 1 is 0.914 bits per heavy atom. The van der Waals surface area contributed by atoms with E-state index in [0.29, 0.717) is 28.4 Å². The molecule has 0 aliphatic heterocycles. The number of ether oxygens (including phenoxy) is 1. The lowest BCUT2D eigenvalue weighted by molar-refractivity contribution is -0.118. The van der Waals surface area contributed by atoms with Crippen LogP contribution in [0.5, 0.6) is 5.75 Å². The Bertz CT molecular complexity index is 1300. The van der Waals surface area contributed by atoms with Crippen molar-refractivity contribution in [2.45, 2.75) is 24.5 Å². The molecule has 7 nitrogen and oxygen atoms in total. The van der Waals surface area contributed by atoms with E-state index in [1.165, 1.54) is 0 Å². The number of aromatic nitrogens is 1. The van der Waals surface area contributed by atoms with Crippen molar-refractivity contribution in [1.82, 2.24) is 5.16 Å². The molecule has 3 aromatic carbocycles. The highest BCUT2D eigenvalue weighted by Crippen LogP contribution is 2.29. The van der Waals surface area contributed by atoms with Crippen LogP contribution in [0.3, 0.4) is 0 Å². The van der Waals surface area contributed by atoms with Crippen LogP contribution in [-0.4, -0.2) is 23.6 Å². The number of rotatable bonds is 9. The van der Waals surface area contributed by atoms with Gasteiger partial charge in [0.25, 0.3) is 11.8 Å². The van der Waals surface area contributed by atoms with Crippen LogP contribution in [0.15, 0.2) is 88.3 Å². The number of carbonyl (C=O) groups is 2. The molecule has 2 N–H and O–H groups in total. The van der Waals surface area contributed by atoms with E-state index in [1.54, 1.807) is 54.2 Å². The third-order valence-electron chi connectivity index (χ3n) is 5.20. The number of aryl methyl sites for hydroxylation is 2. The predicted octanol–water partition coefficient (Wildman–Crippen LogP) is 5.85. The molecule has 0 saturated heterocycles. The summed E-state index contributed by atoms with van der Waals surface area (Å²) < 4.78 is 10.8. The second kappa shape index (κ2) is 11.4. The van der Waals surface area contributed by atoms with Gasteiger partial charge < -0.3 is 19.9 Å². The minimum absolute atomic E-state index is 0.145. The van der Waals surface area contributed by atoms with Gasteiger partial charge in [0.1, 0.15) is 11.5 Å². The molecule has 178 valence electrons. The van der Waals surface area contributed by atoms with Crippen molar-refractivity contribution in [1.29, 1.82) is 0 Å². The molecule has 0 radical (unpaired) electrons. The quantitative estimate of drug-likeness (QED) is 0.288. The van der Waals surface area contributed by atoms with Crippen LogP contribution in [0, 0.1) is 13.8 Å². The molecule has 8 heteroatoms. The summed E-state index contributed by atoms with van der Waals surface area (Å²) in [5.41, 5.74) is 3.73. The molecular weight excluding hydrogens is 462 g/mol. The van der Waals surface area contributed by atoms with E-state index in [0.717, 1.165) is 21.9 Å². The SMILES string of the molecule is Cc1noc(C)c1CSc1ccccc1C(=O)Nc1cccc(OCC(=O)Nc2ccccc2)c1. The lowest BCUT2D eigenvalue weighted by Gasteiger charge is -2.12. The fraction of sp³-hybridized carbons (Fsp3) is 0.148. The molecule has 1 aromatic heterocycles. The topological polar surface area (TPSA) is 93.5 Å². The Morgan fingerprint density at radius 2 is 1.66 bits per heavy atom. The number of nitrogens with one attached hydrogen (secondary N) is 2. The molecule has 0 aliphatic rings. The van der Waals surface area contributed by atoms with Gasteiger partial charge in [-0.2, -0.15) is 0 Å². The number of carbonyl (C=O) groups excluding carboxylic acids is 2. The fourth-order valence-corrected chi connectivity index (χ4v) is 4.57. The van der Waals surface area contributed by atoms with Gasteiger partial charge in [-0.1, -0.05) is 41.6 Å². The van der Waals surface area contributed by atoms with Gasteiger partial charge in [0, 0.05) is 33.7 Å². The van der Waals surface area contributed by atoms with Crippen LogP contribution in [0.25, 0.3) is 0 Å². The Hall–Kier alpha value is -4.04. The van der Waals surface area contributed by atoms with Crippen molar-refractivity contribution < 1.29 is 18.8 Å². The third-order valence-corrected chi connectivity index (χ3v) is 6.30. The largest absolute Gasteiger partial charge is 0.484 e. The highest BCUT2D eigenvalue weighted by atomic mass is 32.2. The summed E-state index contributed by atoms with van der Waals surface area (Å²) in [4.78, 5) is 26.0. The number of amides is 2. The van der Waals surface area contributed by atoms with Crippen molar-refractivity contribution in [2.24, 2.45) is 0 Å². The van der Waals surface area contributed by atoms with Gasteiger partial charge >= 0.3 is 0 Å². The van der Waals surface area contributed by atoms with E-state index in [4.69, 9.17) is 9.26 Å². The summed E-state index contributed by atoms with van der Waals surface area (Å²) in [5.74, 6) is 1.42. The first kappa shape index (κ1) is 24.1. The first-order chi connectivity index (χ1) is 17.0. The zero-order valence-corrected chi connectivity index (χ0v) is 20.2. The Labute approximate surface area is 207 Å². The molecule has 2 amide bonds. The van der Waals surface area contributed by atoms with Crippen molar-refractivity contribution in [2.75, 3.05) is 17.2 Å². The molecule has 0 aliphatic carbocycles. The van der Waals surface area contributed by atoms with E-state index >= 15 is 0 Å². The molecule has 4 rings (SSSR count). The van der Waals surface area contributed by atoms with Gasteiger partial charge in [0.05, 0.1) is 11.3 Å². The Kier molecular flexibility index (Phi) is 7.84. The average molecular weight is 488 g/mol. The first-order valence-electron chi connectivity index (χ1n) is 11.0. The van der Waals surface area contributed by atoms with E-state index < -0.39 is 0 Å². The number of thioether (sulfide) groups is 1. The molecule has 0 unspecified atom stereocenters. The molecule has 1 heterocycles. The van der Waals surface area contributed by atoms with E-state index in [9.17, 15) is 9.59 Å². The number of benzene rings is 3. The van der Waals surface area contributed by atoms with Crippen LogP contribution in [-0.2, 0) is 10.5 Å². The van der Waals surface area contributed by atoms with E-state index in [-0.39, 0.29) is 18.4 Å². The fourth-order valence-electron chi connectivity index (χ4n) is 3.37. The van der Waals surface area contributed by atoms with Crippen molar-refractivity contribution in [3.8, 4) is 5.75 Å². The Balaban J connectivity index is 1.37. The van der Waals surface area contributed by atoms with Gasteiger partial charge in [-0.25, -0.2) is 0 Å². The average Bonchev–Trinajstić information content (AvgIpc) is 3.19. The maximum atomic E-state index is 13.1. The number of nitrogens with zero attached hydrogens (tertiary/aromatic N) is 1. The zero-order chi connectivity index (χ0) is 24.6. The van der Waals surface area contributed by atoms with Crippen molar-refractivity contribution in [3.63, 3.8) is 0 Å². The van der Waals surface area contributed by atoms with Gasteiger partial charge in [0.2, 0.25) is 0 Å². The Morgan fingerprint density at radius 3 is 2.43 bits per heavy atom. The molecule has 0 fully saturated rings. The molecule has 0 atom stereocenters. The van der Waals surface area contributed by atoms with E-state index in [2.05, 4.69) is 15.8 Å². The summed E-state index contributed by atoms with van der Waals surface area (Å²) in [5, 5.41) is 9.68. The maximum Gasteiger partial charge on any atom is 0.262 e. The van der Waals surface area contributed by atoms with E-state index in [1.807, 2.05) is 50.2 Å². The number of hydrogen-bond donors (Lipinski definition) is 2. The van der Waals surface area contributed by atoms with Crippen molar-refractivity contribution in [3.05, 3.63) is 101 Å². The summed E-state index contributed by atoms with van der Waals surface area (Å²) in [6, 6.07) is 23.6. The smallest absolute Gasteiger partial charge is 0.262 e. The second-order valence-electron chi connectivity index (χ2n) is 7.77. The monoisotopic (exact) mass is 487 g/mol. The van der Waals surface area contributed by atoms with Crippen LogP contribution in [0.4, 0.5) is 11.4 Å². The van der Waals surface area contributed by atoms with Crippen LogP contribution < -0.4 is 15.4 Å². The minimum atomic E-state index is -0.269. The molecular formula is C27H25N3O4S. The predicted molar refractivity (Wildman–Crippen MR) is 137 cm³/mol. The minimum Gasteiger partial charge on any atom is -0.484 e. The molecule has 0 bridgehead atoms. The summed E-state index contributed by atoms with van der Waals surface area (Å²) in [6.07, 6.45) is 0. The van der Waals surface area contributed by atoms with Crippen LogP contribution in [0.1, 0.15) is 27.4 Å². The number of hydrogen-bond acceptors (Lipinski definition) is 6. The van der Waals surface area contributed by atoms with Crippen molar-refractivity contribution >= 4 is 35.0 Å². The number of para-hydroxylation sites is 1. The maximum absolute atomic E-state index is 13.1.